The van der Waals surface area contributed by atoms with Crippen molar-refractivity contribution in [2.24, 2.45) is 12.0 Å². The number of aliphatic imine (C=N–C) groups is 1. The summed E-state index contributed by atoms with van der Waals surface area (Å²) in [5.41, 5.74) is 2.47. The Kier molecular flexibility index (Phi) is 6.39. The summed E-state index contributed by atoms with van der Waals surface area (Å²) in [6.07, 6.45) is 6.10. The molecule has 1 aromatic heterocycles. The van der Waals surface area contributed by atoms with Gasteiger partial charge in [-0.15, -0.1) is 0 Å². The zero-order chi connectivity index (χ0) is 18.4. The fourth-order valence-electron chi connectivity index (χ4n) is 3.28. The van der Waals surface area contributed by atoms with Gasteiger partial charge in [-0.25, -0.2) is 0 Å². The van der Waals surface area contributed by atoms with Crippen molar-refractivity contribution >= 4 is 23.2 Å². The monoisotopic (exact) mass is 374 g/mol. The number of piperazine rings is 1. The molecule has 0 bridgehead atoms. The van der Waals surface area contributed by atoms with E-state index in [1.807, 2.05) is 43.2 Å². The molecule has 140 valence electrons. The zero-order valence-corrected chi connectivity index (χ0v) is 16.3. The highest BCUT2D eigenvalue weighted by molar-refractivity contribution is 6.30. The Hall–Kier alpha value is -2.21. The number of hydrogen-bond acceptors (Lipinski definition) is 3. The summed E-state index contributed by atoms with van der Waals surface area (Å²) < 4.78 is 1.85. The molecule has 1 saturated heterocycles. The number of halogens is 1. The first kappa shape index (κ1) is 18.6. The van der Waals surface area contributed by atoms with Gasteiger partial charge in [-0.2, -0.15) is 5.10 Å². The number of aryl methyl sites for hydroxylation is 2. The fraction of sp³-hybridized carbons (Fsp3) is 0.474. The summed E-state index contributed by atoms with van der Waals surface area (Å²) in [6.45, 7) is 4.76. The SMILES string of the molecule is CN=C(NCCCc1cnn(C)c1)N1CCN(c2cccc(Cl)c2)CC1. The molecule has 1 N–H and O–H groups in total. The molecule has 2 aromatic rings. The predicted molar refractivity (Wildman–Crippen MR) is 108 cm³/mol. The average Bonchev–Trinajstić information content (AvgIpc) is 3.07. The van der Waals surface area contributed by atoms with E-state index < -0.39 is 0 Å². The smallest absolute Gasteiger partial charge is 0.193 e. The average molecular weight is 375 g/mol. The van der Waals surface area contributed by atoms with Crippen LogP contribution in [0.4, 0.5) is 5.69 Å². The molecule has 3 rings (SSSR count). The lowest BCUT2D eigenvalue weighted by Gasteiger charge is -2.37. The standard InChI is InChI=1S/C19H27ClN6/c1-21-19(22-8-4-5-16-14-23-24(2)15-16)26-11-9-25(10-12-26)18-7-3-6-17(20)13-18/h3,6-7,13-15H,4-5,8-12H2,1-2H3,(H,21,22). The third-order valence-electron chi connectivity index (χ3n) is 4.65. The molecule has 0 saturated carbocycles. The summed E-state index contributed by atoms with van der Waals surface area (Å²) in [6, 6.07) is 8.07. The van der Waals surface area contributed by atoms with Gasteiger partial charge >= 0.3 is 0 Å². The van der Waals surface area contributed by atoms with Gasteiger partial charge in [0.1, 0.15) is 0 Å². The molecule has 2 heterocycles. The lowest BCUT2D eigenvalue weighted by Crippen LogP contribution is -2.52. The quantitative estimate of drug-likeness (QED) is 0.496. The molecule has 1 aliphatic rings. The molecule has 0 unspecified atom stereocenters. The van der Waals surface area contributed by atoms with Crippen molar-refractivity contribution in [2.45, 2.75) is 12.8 Å². The highest BCUT2D eigenvalue weighted by atomic mass is 35.5. The van der Waals surface area contributed by atoms with Crippen molar-refractivity contribution in [3.05, 3.63) is 47.2 Å². The number of guanidine groups is 1. The molecule has 0 spiro atoms. The van der Waals surface area contributed by atoms with Gasteiger partial charge in [-0.05, 0) is 36.6 Å². The second-order valence-corrected chi connectivity index (χ2v) is 6.99. The molecule has 1 aromatic carbocycles. The summed E-state index contributed by atoms with van der Waals surface area (Å²) in [5, 5.41) is 8.49. The van der Waals surface area contributed by atoms with Crippen LogP contribution in [0, 0.1) is 0 Å². The Morgan fingerprint density at radius 1 is 1.27 bits per heavy atom. The molecular formula is C19H27ClN6. The van der Waals surface area contributed by atoms with Crippen molar-refractivity contribution in [3.63, 3.8) is 0 Å². The minimum Gasteiger partial charge on any atom is -0.368 e. The minimum absolute atomic E-state index is 0.788. The summed E-state index contributed by atoms with van der Waals surface area (Å²) in [4.78, 5) is 9.15. The Morgan fingerprint density at radius 3 is 2.73 bits per heavy atom. The summed E-state index contributed by atoms with van der Waals surface area (Å²) in [7, 11) is 3.80. The number of nitrogens with zero attached hydrogens (tertiary/aromatic N) is 5. The van der Waals surface area contributed by atoms with E-state index in [2.05, 4.69) is 37.5 Å². The highest BCUT2D eigenvalue weighted by Gasteiger charge is 2.19. The van der Waals surface area contributed by atoms with Gasteiger partial charge in [-0.1, -0.05) is 17.7 Å². The third kappa shape index (κ3) is 4.91. The van der Waals surface area contributed by atoms with Crippen LogP contribution in [0.5, 0.6) is 0 Å². The fourth-order valence-corrected chi connectivity index (χ4v) is 3.46. The molecule has 0 aliphatic carbocycles. The maximum absolute atomic E-state index is 6.11. The van der Waals surface area contributed by atoms with Crippen LogP contribution in [0.25, 0.3) is 0 Å². The largest absolute Gasteiger partial charge is 0.368 e. The van der Waals surface area contributed by atoms with Crippen molar-refractivity contribution in [3.8, 4) is 0 Å². The van der Waals surface area contributed by atoms with E-state index in [0.29, 0.717) is 0 Å². The van der Waals surface area contributed by atoms with Gasteiger partial charge in [0.2, 0.25) is 0 Å². The number of anilines is 1. The first-order valence-electron chi connectivity index (χ1n) is 9.09. The van der Waals surface area contributed by atoms with E-state index in [0.717, 1.165) is 56.5 Å². The lowest BCUT2D eigenvalue weighted by atomic mass is 10.2. The molecule has 1 aliphatic heterocycles. The van der Waals surface area contributed by atoms with Crippen LogP contribution >= 0.6 is 11.6 Å². The lowest BCUT2D eigenvalue weighted by molar-refractivity contribution is 0.372. The van der Waals surface area contributed by atoms with Crippen LogP contribution in [-0.4, -0.2) is 60.4 Å². The van der Waals surface area contributed by atoms with E-state index >= 15 is 0 Å². The second-order valence-electron chi connectivity index (χ2n) is 6.55. The van der Waals surface area contributed by atoms with Gasteiger partial charge in [0, 0.05) is 63.7 Å². The molecule has 26 heavy (non-hydrogen) atoms. The van der Waals surface area contributed by atoms with Crippen LogP contribution in [0.2, 0.25) is 5.02 Å². The summed E-state index contributed by atoms with van der Waals surface area (Å²) in [5.74, 6) is 0.988. The van der Waals surface area contributed by atoms with Gasteiger partial charge in [-0.3, -0.25) is 9.67 Å². The van der Waals surface area contributed by atoms with Crippen LogP contribution in [0.3, 0.4) is 0 Å². The van der Waals surface area contributed by atoms with Crippen LogP contribution in [0.15, 0.2) is 41.7 Å². The number of nitrogens with one attached hydrogen (secondary N) is 1. The van der Waals surface area contributed by atoms with E-state index in [-0.39, 0.29) is 0 Å². The van der Waals surface area contributed by atoms with Crippen molar-refractivity contribution < 1.29 is 0 Å². The molecular weight excluding hydrogens is 348 g/mol. The maximum Gasteiger partial charge on any atom is 0.193 e. The number of hydrogen-bond donors (Lipinski definition) is 1. The van der Waals surface area contributed by atoms with Gasteiger partial charge in [0.25, 0.3) is 0 Å². The highest BCUT2D eigenvalue weighted by Crippen LogP contribution is 2.20. The number of benzene rings is 1. The topological polar surface area (TPSA) is 48.7 Å². The predicted octanol–water partition coefficient (Wildman–Crippen LogP) is 2.40. The van der Waals surface area contributed by atoms with Gasteiger partial charge in [0.15, 0.2) is 5.96 Å². The van der Waals surface area contributed by atoms with E-state index in [1.54, 1.807) is 0 Å². The number of rotatable bonds is 5. The molecule has 7 heteroatoms. The number of aromatic nitrogens is 2. The molecule has 0 atom stereocenters. The van der Waals surface area contributed by atoms with Crippen LogP contribution < -0.4 is 10.2 Å². The maximum atomic E-state index is 6.11. The Balaban J connectivity index is 1.43. The van der Waals surface area contributed by atoms with Crippen molar-refractivity contribution in [2.75, 3.05) is 44.7 Å². The molecule has 0 radical (unpaired) electrons. The van der Waals surface area contributed by atoms with Crippen molar-refractivity contribution in [1.29, 1.82) is 0 Å². The molecule has 0 amide bonds. The molecule has 1 fully saturated rings. The summed E-state index contributed by atoms with van der Waals surface area (Å²) >= 11 is 6.11. The Labute approximate surface area is 160 Å². The van der Waals surface area contributed by atoms with Crippen LogP contribution in [-0.2, 0) is 13.5 Å². The van der Waals surface area contributed by atoms with Crippen molar-refractivity contribution in [1.82, 2.24) is 20.0 Å². The van der Waals surface area contributed by atoms with E-state index in [9.17, 15) is 0 Å². The van der Waals surface area contributed by atoms with E-state index in [1.165, 1.54) is 11.3 Å². The first-order chi connectivity index (χ1) is 12.7. The minimum atomic E-state index is 0.788. The molecule has 6 nitrogen and oxygen atoms in total. The van der Waals surface area contributed by atoms with Crippen LogP contribution in [0.1, 0.15) is 12.0 Å². The Morgan fingerprint density at radius 2 is 2.08 bits per heavy atom. The first-order valence-corrected chi connectivity index (χ1v) is 9.47. The third-order valence-corrected chi connectivity index (χ3v) is 4.88. The van der Waals surface area contributed by atoms with E-state index in [4.69, 9.17) is 11.6 Å². The van der Waals surface area contributed by atoms with Gasteiger partial charge < -0.3 is 15.1 Å². The second kappa shape index (κ2) is 8.94. The normalized spacial score (nSPS) is 15.4. The Bertz CT molecular complexity index is 733. The zero-order valence-electron chi connectivity index (χ0n) is 15.5. The van der Waals surface area contributed by atoms with Gasteiger partial charge in [0.05, 0.1) is 6.20 Å².